The predicted molar refractivity (Wildman–Crippen MR) is 128 cm³/mol. The van der Waals surface area contributed by atoms with Crippen molar-refractivity contribution in [3.63, 3.8) is 0 Å². The first-order valence-electron chi connectivity index (χ1n) is 10.6. The number of ether oxygens (including phenoxy) is 1. The van der Waals surface area contributed by atoms with Gasteiger partial charge in [0.15, 0.2) is 0 Å². The van der Waals surface area contributed by atoms with E-state index in [4.69, 9.17) is 10.5 Å². The first-order chi connectivity index (χ1) is 16.7. The molecule has 0 aromatic heterocycles. The molecule has 2 aromatic rings. The molecule has 1 fully saturated rings. The topological polar surface area (TPSA) is 126 Å². The highest BCUT2D eigenvalue weighted by atomic mass is 32.2. The Balaban J connectivity index is 1.87. The van der Waals surface area contributed by atoms with E-state index in [0.717, 1.165) is 22.2 Å². The van der Waals surface area contributed by atoms with Crippen LogP contribution in [0.1, 0.15) is 23.5 Å². The van der Waals surface area contributed by atoms with E-state index >= 15 is 0 Å². The third-order valence-corrected chi connectivity index (χ3v) is 6.99. The van der Waals surface area contributed by atoms with Gasteiger partial charge in [-0.25, -0.2) is 4.39 Å². The van der Waals surface area contributed by atoms with Gasteiger partial charge in [0.2, 0.25) is 5.91 Å². The number of nitrogens with two attached hydrogens (primary N) is 1. The Hall–Kier alpha value is -4.10. The molecule has 2 unspecified atom stereocenters. The molecule has 0 saturated carbocycles. The smallest absolute Gasteiger partial charge is 0.307 e. The van der Waals surface area contributed by atoms with Gasteiger partial charge in [-0.3, -0.25) is 19.3 Å². The predicted octanol–water partition coefficient (Wildman–Crippen LogP) is 3.28. The van der Waals surface area contributed by atoms with Crippen LogP contribution in [0, 0.1) is 24.1 Å². The van der Waals surface area contributed by atoms with Gasteiger partial charge in [-0.2, -0.15) is 5.26 Å². The number of aryl methyl sites for hydroxylation is 1. The average Bonchev–Trinajstić information content (AvgIpc) is 3.15. The number of rotatable bonds is 5. The Kier molecular flexibility index (Phi) is 6.62. The first kappa shape index (κ1) is 24.0. The Labute approximate surface area is 205 Å². The number of hydrogen-bond acceptors (Lipinski definition) is 7. The van der Waals surface area contributed by atoms with Crippen molar-refractivity contribution >= 4 is 35.2 Å². The maximum atomic E-state index is 14.2. The highest BCUT2D eigenvalue weighted by molar-refractivity contribution is 8.04. The summed E-state index contributed by atoms with van der Waals surface area (Å²) in [7, 11) is 1.21. The summed E-state index contributed by atoms with van der Waals surface area (Å²) in [6.07, 6.45) is -0.243. The summed E-state index contributed by atoms with van der Waals surface area (Å²) in [5.74, 6) is -3.46. The molecule has 2 aliphatic heterocycles. The molecule has 10 heteroatoms. The van der Waals surface area contributed by atoms with E-state index in [2.05, 4.69) is 5.32 Å². The van der Waals surface area contributed by atoms with Crippen LogP contribution in [-0.2, 0) is 19.1 Å². The van der Waals surface area contributed by atoms with Crippen LogP contribution < -0.4 is 11.1 Å². The molecule has 2 amide bonds. The van der Waals surface area contributed by atoms with Gasteiger partial charge >= 0.3 is 5.97 Å². The number of carbonyl (C=O) groups excluding carboxylic acids is 3. The van der Waals surface area contributed by atoms with Crippen molar-refractivity contribution in [2.24, 2.45) is 5.73 Å². The summed E-state index contributed by atoms with van der Waals surface area (Å²) in [6.45, 7) is 1.91. The van der Waals surface area contributed by atoms with Crippen molar-refractivity contribution in [3.8, 4) is 6.07 Å². The van der Waals surface area contributed by atoms with Gasteiger partial charge < -0.3 is 15.8 Å². The van der Waals surface area contributed by atoms with Gasteiger partial charge in [0.25, 0.3) is 5.91 Å². The number of anilines is 1. The molecular formula is C25H21FN4O4S. The lowest BCUT2D eigenvalue weighted by Gasteiger charge is -2.32. The van der Waals surface area contributed by atoms with Gasteiger partial charge in [0.05, 0.1) is 41.7 Å². The van der Waals surface area contributed by atoms with Gasteiger partial charge in [-0.15, -0.1) is 0 Å². The number of amides is 2. The van der Waals surface area contributed by atoms with E-state index in [-0.39, 0.29) is 28.4 Å². The van der Waals surface area contributed by atoms with Crippen LogP contribution >= 0.6 is 11.8 Å². The normalized spacial score (nSPS) is 19.4. The minimum absolute atomic E-state index is 0.0626. The molecule has 2 atom stereocenters. The van der Waals surface area contributed by atoms with Gasteiger partial charge in [0, 0.05) is 5.69 Å². The number of benzene rings is 2. The van der Waals surface area contributed by atoms with E-state index in [9.17, 15) is 24.0 Å². The maximum absolute atomic E-state index is 14.2. The van der Waals surface area contributed by atoms with Crippen LogP contribution in [0.3, 0.4) is 0 Å². The molecule has 178 valence electrons. The quantitative estimate of drug-likeness (QED) is 0.614. The van der Waals surface area contributed by atoms with Gasteiger partial charge in [-0.1, -0.05) is 41.6 Å². The second-order valence-corrected chi connectivity index (χ2v) is 9.19. The monoisotopic (exact) mass is 492 g/mol. The zero-order chi connectivity index (χ0) is 25.3. The number of fused-ring (bicyclic) bond motifs is 1. The van der Waals surface area contributed by atoms with E-state index in [0.29, 0.717) is 11.3 Å². The molecule has 8 nitrogen and oxygen atoms in total. The number of nitrogens with zero attached hydrogens (tertiary/aromatic N) is 2. The number of nitrogens with one attached hydrogen (secondary N) is 1. The number of thioether (sulfide) groups is 1. The van der Waals surface area contributed by atoms with E-state index in [1.807, 2.05) is 25.1 Å². The van der Waals surface area contributed by atoms with Crippen LogP contribution in [0.15, 0.2) is 70.5 Å². The number of allylic oxidation sites excluding steroid dienone is 1. The minimum Gasteiger partial charge on any atom is -0.469 e. The second kappa shape index (κ2) is 9.64. The average molecular weight is 493 g/mol. The fourth-order valence-electron chi connectivity index (χ4n) is 4.00. The van der Waals surface area contributed by atoms with E-state index in [1.165, 1.54) is 25.3 Å². The van der Waals surface area contributed by atoms with E-state index < -0.39 is 34.8 Å². The number of hydrogen-bond donors (Lipinski definition) is 2. The number of methoxy groups -OCH3 is 1. The summed E-state index contributed by atoms with van der Waals surface area (Å²) in [5, 5.41) is 12.1. The zero-order valence-electron chi connectivity index (χ0n) is 18.9. The number of carbonyl (C=O) groups is 3. The van der Waals surface area contributed by atoms with Gasteiger partial charge in [0.1, 0.15) is 16.9 Å². The number of esters is 1. The van der Waals surface area contributed by atoms with Crippen molar-refractivity contribution in [2.75, 3.05) is 12.4 Å². The molecule has 4 rings (SSSR count). The first-order valence-corrected chi connectivity index (χ1v) is 11.5. The van der Waals surface area contributed by atoms with Crippen molar-refractivity contribution < 1.29 is 23.5 Å². The fraction of sp³-hybridized carbons (Fsp3) is 0.200. The molecule has 1 saturated heterocycles. The molecule has 3 N–H and O–H groups in total. The molecule has 2 aromatic carbocycles. The van der Waals surface area contributed by atoms with Crippen LogP contribution in [-0.4, -0.2) is 35.0 Å². The molecule has 2 heterocycles. The highest BCUT2D eigenvalue weighted by Gasteiger charge is 2.48. The molecule has 0 radical (unpaired) electrons. The Morgan fingerprint density at radius 3 is 2.60 bits per heavy atom. The summed E-state index contributed by atoms with van der Waals surface area (Å²) in [6, 6.07) is 14.6. The zero-order valence-corrected chi connectivity index (χ0v) is 19.7. The molecule has 35 heavy (non-hydrogen) atoms. The largest absolute Gasteiger partial charge is 0.469 e. The van der Waals surface area contributed by atoms with Crippen LogP contribution in [0.5, 0.6) is 0 Å². The van der Waals surface area contributed by atoms with Gasteiger partial charge in [-0.05, 0) is 36.8 Å². The number of nitriles is 1. The van der Waals surface area contributed by atoms with Crippen molar-refractivity contribution in [1.29, 1.82) is 5.26 Å². The highest BCUT2D eigenvalue weighted by Crippen LogP contribution is 2.50. The summed E-state index contributed by atoms with van der Waals surface area (Å²) >= 11 is 0.992. The van der Waals surface area contributed by atoms with Crippen LogP contribution in [0.2, 0.25) is 0 Å². The molecular weight excluding hydrogens is 471 g/mol. The Morgan fingerprint density at radius 2 is 1.97 bits per heavy atom. The molecule has 0 spiro atoms. The standard InChI is InChI=1S/C25H21FN4O4S/c1-13-6-8-16(9-7-13)29-23(32)21-20(14-4-3-5-15(26)10-14)17(12-27)22(28)30-24(33)18(35-25(21)30)11-19(31)34-2/h3-10,18,20H,11,28H2,1-2H3,(H,29,32). The number of halogens is 1. The lowest BCUT2D eigenvalue weighted by atomic mass is 9.82. The molecule has 0 bridgehead atoms. The summed E-state index contributed by atoms with van der Waals surface area (Å²) in [4.78, 5) is 39.8. The lowest BCUT2D eigenvalue weighted by molar-refractivity contribution is -0.142. The Bertz CT molecular complexity index is 1330. The second-order valence-electron chi connectivity index (χ2n) is 8.00. The molecule has 0 aliphatic carbocycles. The fourth-order valence-corrected chi connectivity index (χ4v) is 5.33. The van der Waals surface area contributed by atoms with Crippen molar-refractivity contribution in [3.05, 3.63) is 87.5 Å². The molecule has 2 aliphatic rings. The van der Waals surface area contributed by atoms with Crippen molar-refractivity contribution in [2.45, 2.75) is 24.5 Å². The Morgan fingerprint density at radius 1 is 1.26 bits per heavy atom. The van der Waals surface area contributed by atoms with Crippen molar-refractivity contribution in [1.82, 2.24) is 4.90 Å². The third-order valence-electron chi connectivity index (χ3n) is 5.71. The summed E-state index contributed by atoms with van der Waals surface area (Å²) < 4.78 is 18.9. The van der Waals surface area contributed by atoms with Crippen LogP contribution in [0.4, 0.5) is 10.1 Å². The third kappa shape index (κ3) is 4.50. The van der Waals surface area contributed by atoms with Crippen LogP contribution in [0.25, 0.3) is 0 Å². The summed E-state index contributed by atoms with van der Waals surface area (Å²) in [5.41, 5.74) is 8.08. The minimum atomic E-state index is -1.02. The lowest BCUT2D eigenvalue weighted by Crippen LogP contribution is -2.39. The maximum Gasteiger partial charge on any atom is 0.307 e. The SMILES string of the molecule is COC(=O)CC1SC2=C(C(=O)Nc3ccc(C)cc3)C(c3cccc(F)c3)C(C#N)=C(N)N2C1=O. The van der Waals surface area contributed by atoms with E-state index in [1.54, 1.807) is 18.2 Å².